The Balaban J connectivity index is 0.904. The molecule has 0 unspecified atom stereocenters. The van der Waals surface area contributed by atoms with E-state index in [1.165, 1.54) is 76.5 Å². The Morgan fingerprint density at radius 2 is 0.863 bits per heavy atom. The Morgan fingerprint density at radius 1 is 0.510 bits per heavy atom. The zero-order valence-electron chi connectivity index (χ0n) is 26.9. The van der Waals surface area contributed by atoms with Crippen LogP contribution >= 0.6 is 0 Å². The maximum absolute atomic E-state index is 13.4. The quantitative estimate of drug-likeness (QED) is 0.241. The predicted molar refractivity (Wildman–Crippen MR) is 183 cm³/mol. The highest BCUT2D eigenvalue weighted by Crippen LogP contribution is 2.54. The van der Waals surface area contributed by atoms with Crippen LogP contribution in [0.25, 0.3) is 0 Å². The van der Waals surface area contributed by atoms with Crippen LogP contribution in [0.15, 0.2) is 91.0 Å². The Kier molecular flexibility index (Phi) is 6.76. The fourth-order valence-electron chi connectivity index (χ4n) is 9.12. The van der Waals surface area contributed by atoms with E-state index in [1.807, 2.05) is 24.3 Å². The number of nitrogens with zero attached hydrogens (tertiary/aromatic N) is 2. The molecule has 3 aromatic rings. The summed E-state index contributed by atoms with van der Waals surface area (Å²) >= 11 is 0. The number of allylic oxidation sites excluding steroid dienone is 4. The van der Waals surface area contributed by atoms with Crippen molar-refractivity contribution in [2.45, 2.75) is 12.8 Å². The first-order valence-corrected chi connectivity index (χ1v) is 16.9. The van der Waals surface area contributed by atoms with Crippen molar-refractivity contribution in [3.8, 4) is 0 Å². The molecule has 12 heteroatoms. The van der Waals surface area contributed by atoms with Crippen molar-refractivity contribution >= 4 is 64.2 Å². The Morgan fingerprint density at radius 3 is 1.24 bits per heavy atom. The summed E-state index contributed by atoms with van der Waals surface area (Å²) in [6.45, 7) is 0. The molecule has 6 amide bonds. The van der Waals surface area contributed by atoms with Gasteiger partial charge in [-0.25, -0.2) is 4.79 Å². The van der Waals surface area contributed by atoms with Gasteiger partial charge < -0.3 is 15.7 Å². The minimum absolute atomic E-state index is 0.0256. The molecule has 2 saturated heterocycles. The molecule has 4 aliphatic carbocycles. The number of rotatable bonds is 7. The van der Waals surface area contributed by atoms with E-state index in [9.17, 15) is 38.7 Å². The number of hydrogen-bond acceptors (Lipinski definition) is 7. The van der Waals surface area contributed by atoms with E-state index in [1.54, 1.807) is 0 Å². The lowest BCUT2D eigenvalue weighted by atomic mass is 9.85. The summed E-state index contributed by atoms with van der Waals surface area (Å²) in [5.74, 6) is -4.45. The van der Waals surface area contributed by atoms with E-state index < -0.39 is 17.8 Å². The van der Waals surface area contributed by atoms with E-state index >= 15 is 0 Å². The van der Waals surface area contributed by atoms with Gasteiger partial charge in [-0.1, -0.05) is 24.3 Å². The first kappa shape index (κ1) is 30.9. The van der Waals surface area contributed by atoms with Crippen LogP contribution in [0.1, 0.15) is 43.9 Å². The zero-order chi connectivity index (χ0) is 35.3. The second-order valence-corrected chi connectivity index (χ2v) is 14.1. The van der Waals surface area contributed by atoms with Crippen molar-refractivity contribution in [3.05, 3.63) is 108 Å². The van der Waals surface area contributed by atoms with Crippen molar-refractivity contribution in [2.24, 2.45) is 47.3 Å². The molecule has 6 aliphatic rings. The van der Waals surface area contributed by atoms with Crippen LogP contribution < -0.4 is 20.4 Å². The van der Waals surface area contributed by atoms with Gasteiger partial charge in [-0.05, 0) is 103 Å². The summed E-state index contributed by atoms with van der Waals surface area (Å²) in [5, 5.41) is 15.0. The van der Waals surface area contributed by atoms with Crippen LogP contribution in [0.4, 0.5) is 22.7 Å². The van der Waals surface area contributed by atoms with Crippen molar-refractivity contribution in [2.75, 3.05) is 20.4 Å². The molecule has 4 fully saturated rings. The standard InChI is InChI=1S/C39H30N4O8/c44-33(18-5-10-25(11-6-18)42-35(46)29-20-1-2-21(15-20)30(29)36(42)47)40-27-14-9-24(39(50)51)17-28(27)41-34(45)19-7-12-26(13-8-19)43-37(48)31-22-3-4-23(16-22)32(31)38(43)49/h1-14,17,20-23,29-32H,15-16H2,(H,40,44)(H,41,45)(H,50,51)/t20-,21-,22-,23-,29-,30+,31-,32+/m0/s1. The number of carboxylic acids is 1. The fourth-order valence-corrected chi connectivity index (χ4v) is 9.12. The third kappa shape index (κ3) is 4.62. The van der Waals surface area contributed by atoms with Crippen molar-refractivity contribution < 1.29 is 38.7 Å². The number of fused-ring (bicyclic) bond motifs is 10. The topological polar surface area (TPSA) is 170 Å². The number of carbonyl (C=O) groups is 7. The molecule has 0 radical (unpaired) electrons. The summed E-state index contributed by atoms with van der Waals surface area (Å²) in [7, 11) is 0. The number of amides is 6. The van der Waals surface area contributed by atoms with Crippen molar-refractivity contribution in [1.29, 1.82) is 0 Å². The van der Waals surface area contributed by atoms with Gasteiger partial charge in [0.1, 0.15) is 0 Å². The molecule has 9 rings (SSSR count). The molecular formula is C39H30N4O8. The highest BCUT2D eigenvalue weighted by molar-refractivity contribution is 6.24. The Hall–Kier alpha value is -6.17. The summed E-state index contributed by atoms with van der Waals surface area (Å²) in [6.07, 6.45) is 9.73. The molecule has 0 spiro atoms. The number of anilines is 4. The van der Waals surface area contributed by atoms with Gasteiger partial charge in [0.2, 0.25) is 23.6 Å². The molecule has 254 valence electrons. The lowest BCUT2D eigenvalue weighted by Crippen LogP contribution is -2.32. The van der Waals surface area contributed by atoms with E-state index in [2.05, 4.69) is 10.6 Å². The van der Waals surface area contributed by atoms with E-state index in [0.717, 1.165) is 12.8 Å². The Bertz CT molecular complexity index is 2110. The summed E-state index contributed by atoms with van der Waals surface area (Å²) in [6, 6.07) is 15.9. The number of carboxylic acid groups (broad SMARTS) is 1. The van der Waals surface area contributed by atoms with Gasteiger partial charge in [0.25, 0.3) is 11.8 Å². The van der Waals surface area contributed by atoms with Crippen LogP contribution in [0.3, 0.4) is 0 Å². The van der Waals surface area contributed by atoms with Gasteiger partial charge in [0.15, 0.2) is 0 Å². The number of imide groups is 2. The van der Waals surface area contributed by atoms with Gasteiger partial charge in [0, 0.05) is 11.1 Å². The highest BCUT2D eigenvalue weighted by atomic mass is 16.4. The van der Waals surface area contributed by atoms with Gasteiger partial charge in [-0.15, -0.1) is 0 Å². The second-order valence-electron chi connectivity index (χ2n) is 14.1. The van der Waals surface area contributed by atoms with E-state index in [-0.39, 0.29) is 99.0 Å². The average molecular weight is 683 g/mol. The maximum atomic E-state index is 13.4. The van der Waals surface area contributed by atoms with Crippen molar-refractivity contribution in [1.82, 2.24) is 0 Å². The number of nitrogens with one attached hydrogen (secondary N) is 2. The average Bonchev–Trinajstić information content (AvgIpc) is 3.99. The van der Waals surface area contributed by atoms with Crippen molar-refractivity contribution in [3.63, 3.8) is 0 Å². The molecule has 4 bridgehead atoms. The predicted octanol–water partition coefficient (Wildman–Crippen LogP) is 4.51. The molecule has 2 aliphatic heterocycles. The molecule has 0 aromatic heterocycles. The summed E-state index contributed by atoms with van der Waals surface area (Å²) < 4.78 is 0. The normalized spacial score (nSPS) is 29.3. The molecule has 12 nitrogen and oxygen atoms in total. The first-order chi connectivity index (χ1) is 24.6. The Labute approximate surface area is 290 Å². The molecule has 2 heterocycles. The van der Waals surface area contributed by atoms with E-state index in [4.69, 9.17) is 0 Å². The number of aromatic carboxylic acids is 1. The van der Waals surface area contributed by atoms with Crippen LogP contribution in [-0.4, -0.2) is 46.5 Å². The molecule has 51 heavy (non-hydrogen) atoms. The lowest BCUT2D eigenvalue weighted by molar-refractivity contribution is -0.124. The maximum Gasteiger partial charge on any atom is 0.335 e. The SMILES string of the molecule is O=C(O)c1ccc(NC(=O)c2ccc(N3C(=O)[C@@H]4[C@H](C3=O)[C@H]3C=C[C@H]4C3)cc2)c(NC(=O)c2ccc(N3C(=O)[C@@H]4[C@H](C3=O)[C@H]3C=C[C@H]4C3)cc2)c1. The largest absolute Gasteiger partial charge is 0.478 e. The highest BCUT2D eigenvalue weighted by Gasteiger charge is 2.60. The van der Waals surface area contributed by atoms with Crippen LogP contribution in [0.5, 0.6) is 0 Å². The number of carbonyl (C=O) groups excluding carboxylic acids is 6. The van der Waals surface area contributed by atoms with Crippen LogP contribution in [-0.2, 0) is 19.2 Å². The summed E-state index contributed by atoms with van der Waals surface area (Å²) in [5.41, 5.74) is 1.15. The minimum atomic E-state index is -1.24. The fraction of sp³-hybridized carbons (Fsp3) is 0.256. The molecule has 3 N–H and O–H groups in total. The van der Waals surface area contributed by atoms with E-state index in [0.29, 0.717) is 11.4 Å². The number of hydrogen-bond donors (Lipinski definition) is 3. The molecule has 8 atom stereocenters. The summed E-state index contributed by atoms with van der Waals surface area (Å²) in [4.78, 5) is 93.7. The van der Waals surface area contributed by atoms with Crippen LogP contribution in [0, 0.1) is 47.3 Å². The third-order valence-corrected chi connectivity index (χ3v) is 11.5. The number of benzene rings is 3. The molecule has 3 aromatic carbocycles. The smallest absolute Gasteiger partial charge is 0.335 e. The van der Waals surface area contributed by atoms with Gasteiger partial charge >= 0.3 is 5.97 Å². The van der Waals surface area contributed by atoms with Gasteiger partial charge in [0.05, 0.1) is 52.0 Å². The third-order valence-electron chi connectivity index (χ3n) is 11.5. The minimum Gasteiger partial charge on any atom is -0.478 e. The monoisotopic (exact) mass is 682 g/mol. The molecular weight excluding hydrogens is 652 g/mol. The second kappa shape index (κ2) is 11.2. The first-order valence-electron chi connectivity index (χ1n) is 16.9. The lowest BCUT2D eigenvalue weighted by Gasteiger charge is -2.18. The van der Waals surface area contributed by atoms with Gasteiger partial charge in [-0.3, -0.25) is 38.6 Å². The zero-order valence-corrected chi connectivity index (χ0v) is 26.9. The van der Waals surface area contributed by atoms with Gasteiger partial charge in [-0.2, -0.15) is 0 Å². The van der Waals surface area contributed by atoms with Crippen LogP contribution in [0.2, 0.25) is 0 Å². The molecule has 2 saturated carbocycles.